The van der Waals surface area contributed by atoms with Gasteiger partial charge in [0, 0.05) is 10.9 Å². The Morgan fingerprint density at radius 1 is 1.35 bits per heavy atom. The minimum absolute atomic E-state index is 0.140. The number of rotatable bonds is 5. The average Bonchev–Trinajstić information content (AvgIpc) is 2.79. The van der Waals surface area contributed by atoms with E-state index in [2.05, 4.69) is 4.72 Å². The fraction of sp³-hybridized carbons (Fsp3) is 0.286. The van der Waals surface area contributed by atoms with Crippen molar-refractivity contribution in [2.75, 3.05) is 5.73 Å². The number of anilines is 1. The molecule has 0 saturated heterocycles. The summed E-state index contributed by atoms with van der Waals surface area (Å²) >= 11 is 1.62. The van der Waals surface area contributed by atoms with Crippen molar-refractivity contribution in [3.63, 3.8) is 0 Å². The lowest BCUT2D eigenvalue weighted by molar-refractivity contribution is 0.561. The van der Waals surface area contributed by atoms with Crippen LogP contribution in [0.2, 0.25) is 0 Å². The van der Waals surface area contributed by atoms with E-state index in [9.17, 15) is 8.42 Å². The van der Waals surface area contributed by atoms with Gasteiger partial charge in [-0.15, -0.1) is 11.3 Å². The van der Waals surface area contributed by atoms with Gasteiger partial charge in [0.1, 0.15) is 4.90 Å². The standard InChI is InChI=1S/C14H18N2O2S2/c1-10-5-6-14(13(15)8-10)20(17,18)16-11(2)9-12-4-3-7-19-12/h3-8,11,16H,9,15H2,1-2H3. The van der Waals surface area contributed by atoms with Gasteiger partial charge in [0.2, 0.25) is 10.0 Å². The van der Waals surface area contributed by atoms with Gasteiger partial charge in [0.05, 0.1) is 5.69 Å². The Balaban J connectivity index is 2.14. The number of hydrogen-bond acceptors (Lipinski definition) is 4. The minimum atomic E-state index is -3.58. The van der Waals surface area contributed by atoms with Crippen molar-refractivity contribution in [1.29, 1.82) is 0 Å². The lowest BCUT2D eigenvalue weighted by atomic mass is 10.2. The van der Waals surface area contributed by atoms with Gasteiger partial charge in [-0.2, -0.15) is 0 Å². The summed E-state index contributed by atoms with van der Waals surface area (Å²) in [5.74, 6) is 0. The van der Waals surface area contributed by atoms with Gasteiger partial charge < -0.3 is 5.73 Å². The Kier molecular flexibility index (Phi) is 4.47. The number of nitrogens with one attached hydrogen (secondary N) is 1. The van der Waals surface area contributed by atoms with E-state index in [0.29, 0.717) is 6.42 Å². The molecule has 108 valence electrons. The van der Waals surface area contributed by atoms with Gasteiger partial charge in [-0.1, -0.05) is 12.1 Å². The van der Waals surface area contributed by atoms with Crippen molar-refractivity contribution in [3.05, 3.63) is 46.2 Å². The Morgan fingerprint density at radius 2 is 2.10 bits per heavy atom. The molecule has 1 unspecified atom stereocenters. The molecule has 0 spiro atoms. The van der Waals surface area contributed by atoms with Crippen LogP contribution in [0.4, 0.5) is 5.69 Å². The van der Waals surface area contributed by atoms with Crippen LogP contribution in [-0.2, 0) is 16.4 Å². The highest BCUT2D eigenvalue weighted by Gasteiger charge is 2.20. The van der Waals surface area contributed by atoms with Gasteiger partial charge in [-0.05, 0) is 49.4 Å². The van der Waals surface area contributed by atoms with Crippen molar-refractivity contribution in [3.8, 4) is 0 Å². The summed E-state index contributed by atoms with van der Waals surface area (Å²) in [4.78, 5) is 1.29. The van der Waals surface area contributed by atoms with Gasteiger partial charge in [-0.3, -0.25) is 0 Å². The van der Waals surface area contributed by atoms with E-state index in [-0.39, 0.29) is 16.6 Å². The molecule has 0 aliphatic rings. The number of aryl methyl sites for hydroxylation is 1. The average molecular weight is 310 g/mol. The van der Waals surface area contributed by atoms with Crippen LogP contribution >= 0.6 is 11.3 Å². The third-order valence-electron chi connectivity index (χ3n) is 2.90. The number of thiophene rings is 1. The van der Waals surface area contributed by atoms with E-state index in [1.807, 2.05) is 31.4 Å². The Hall–Kier alpha value is -1.37. The molecule has 1 aromatic heterocycles. The largest absolute Gasteiger partial charge is 0.398 e. The lowest BCUT2D eigenvalue weighted by Crippen LogP contribution is -2.34. The molecule has 0 amide bonds. The molecule has 0 aliphatic carbocycles. The molecule has 0 aliphatic heterocycles. The fourth-order valence-corrected chi connectivity index (χ4v) is 4.20. The normalized spacial score (nSPS) is 13.3. The van der Waals surface area contributed by atoms with Crippen molar-refractivity contribution in [2.45, 2.75) is 31.2 Å². The molecule has 2 aromatic rings. The first-order chi connectivity index (χ1) is 9.38. The molecule has 1 heterocycles. The molecule has 1 atom stereocenters. The molecule has 3 N–H and O–H groups in total. The Bertz CT molecular complexity index is 679. The van der Waals surface area contributed by atoms with E-state index < -0.39 is 10.0 Å². The highest BCUT2D eigenvalue weighted by atomic mass is 32.2. The molecule has 0 bridgehead atoms. The van der Waals surface area contributed by atoms with E-state index in [0.717, 1.165) is 10.4 Å². The van der Waals surface area contributed by atoms with Crippen LogP contribution in [0.25, 0.3) is 0 Å². The first-order valence-electron chi connectivity index (χ1n) is 6.29. The predicted octanol–water partition coefficient (Wildman–Crippen LogP) is 2.55. The van der Waals surface area contributed by atoms with Crippen LogP contribution in [0.15, 0.2) is 40.6 Å². The summed E-state index contributed by atoms with van der Waals surface area (Å²) in [5.41, 5.74) is 7.02. The van der Waals surface area contributed by atoms with E-state index in [4.69, 9.17) is 5.73 Å². The first-order valence-corrected chi connectivity index (χ1v) is 8.65. The molecule has 20 heavy (non-hydrogen) atoms. The summed E-state index contributed by atoms with van der Waals surface area (Å²) < 4.78 is 27.3. The highest BCUT2D eigenvalue weighted by molar-refractivity contribution is 7.89. The van der Waals surface area contributed by atoms with Crippen LogP contribution in [0, 0.1) is 6.92 Å². The second-order valence-electron chi connectivity index (χ2n) is 4.85. The van der Waals surface area contributed by atoms with Gasteiger partial charge in [0.25, 0.3) is 0 Å². The molecule has 1 aromatic carbocycles. The quantitative estimate of drug-likeness (QED) is 0.834. The molecular formula is C14H18N2O2S2. The van der Waals surface area contributed by atoms with E-state index in [1.165, 1.54) is 0 Å². The first kappa shape index (κ1) is 15.0. The van der Waals surface area contributed by atoms with Crippen LogP contribution in [0.5, 0.6) is 0 Å². The number of benzene rings is 1. The van der Waals surface area contributed by atoms with Crippen LogP contribution in [-0.4, -0.2) is 14.5 Å². The molecule has 2 rings (SSSR count). The number of nitrogen functional groups attached to an aromatic ring is 1. The van der Waals surface area contributed by atoms with E-state index >= 15 is 0 Å². The highest BCUT2D eigenvalue weighted by Crippen LogP contribution is 2.20. The van der Waals surface area contributed by atoms with E-state index in [1.54, 1.807) is 29.5 Å². The predicted molar refractivity (Wildman–Crippen MR) is 83.4 cm³/mol. The smallest absolute Gasteiger partial charge is 0.242 e. The molecule has 4 nitrogen and oxygen atoms in total. The summed E-state index contributed by atoms with van der Waals surface area (Å²) in [7, 11) is -3.58. The number of sulfonamides is 1. The summed E-state index contributed by atoms with van der Waals surface area (Å²) in [5, 5.41) is 1.98. The summed E-state index contributed by atoms with van der Waals surface area (Å²) in [6.07, 6.45) is 0.669. The number of nitrogens with two attached hydrogens (primary N) is 1. The van der Waals surface area contributed by atoms with Gasteiger partial charge in [-0.25, -0.2) is 13.1 Å². The van der Waals surface area contributed by atoms with Gasteiger partial charge >= 0.3 is 0 Å². The summed E-state index contributed by atoms with van der Waals surface area (Å²) in [6, 6.07) is 8.73. The second kappa shape index (κ2) is 5.95. The zero-order valence-corrected chi connectivity index (χ0v) is 13.1. The molecule has 0 saturated carbocycles. The van der Waals surface area contributed by atoms with Crippen molar-refractivity contribution < 1.29 is 8.42 Å². The minimum Gasteiger partial charge on any atom is -0.398 e. The second-order valence-corrected chi connectivity index (χ2v) is 7.56. The molecule has 0 fully saturated rings. The monoisotopic (exact) mass is 310 g/mol. The van der Waals surface area contributed by atoms with Crippen molar-refractivity contribution in [1.82, 2.24) is 4.72 Å². The van der Waals surface area contributed by atoms with Crippen LogP contribution in [0.3, 0.4) is 0 Å². The van der Waals surface area contributed by atoms with Crippen LogP contribution in [0.1, 0.15) is 17.4 Å². The zero-order valence-electron chi connectivity index (χ0n) is 11.5. The molecule has 6 heteroatoms. The maximum atomic E-state index is 12.3. The van der Waals surface area contributed by atoms with Crippen molar-refractivity contribution in [2.24, 2.45) is 0 Å². The summed E-state index contributed by atoms with van der Waals surface area (Å²) in [6.45, 7) is 3.72. The van der Waals surface area contributed by atoms with Crippen LogP contribution < -0.4 is 10.5 Å². The Labute approximate surface area is 123 Å². The SMILES string of the molecule is Cc1ccc(S(=O)(=O)NC(C)Cc2cccs2)c(N)c1. The zero-order chi connectivity index (χ0) is 14.8. The van der Waals surface area contributed by atoms with Crippen molar-refractivity contribution >= 4 is 27.0 Å². The van der Waals surface area contributed by atoms with Gasteiger partial charge in [0.15, 0.2) is 0 Å². The fourth-order valence-electron chi connectivity index (χ4n) is 2.01. The third kappa shape index (κ3) is 3.59. The molecular weight excluding hydrogens is 292 g/mol. The number of hydrogen-bond donors (Lipinski definition) is 2. The lowest BCUT2D eigenvalue weighted by Gasteiger charge is -2.15. The Morgan fingerprint density at radius 3 is 2.70 bits per heavy atom. The molecule has 0 radical (unpaired) electrons. The third-order valence-corrected chi connectivity index (χ3v) is 5.46. The maximum absolute atomic E-state index is 12.3. The topological polar surface area (TPSA) is 72.2 Å². The maximum Gasteiger partial charge on any atom is 0.242 e.